The summed E-state index contributed by atoms with van der Waals surface area (Å²) in [5, 5.41) is 0. The Morgan fingerprint density at radius 1 is 0.964 bits per heavy atom. The number of benzene rings is 2. The fourth-order valence-corrected chi connectivity index (χ4v) is 3.73. The van der Waals surface area contributed by atoms with Crippen LogP contribution in [0.3, 0.4) is 0 Å². The summed E-state index contributed by atoms with van der Waals surface area (Å²) in [6.07, 6.45) is -1.76. The maximum atomic E-state index is 12.2. The summed E-state index contributed by atoms with van der Waals surface area (Å²) in [5.74, 6) is 0.945. The van der Waals surface area contributed by atoms with Crippen molar-refractivity contribution in [2.24, 2.45) is 0 Å². The number of unbranched alkanes of at least 4 members (excludes halogenated alkanes) is 1. The first-order valence-corrected chi connectivity index (χ1v) is 9.49. The van der Waals surface area contributed by atoms with Crippen molar-refractivity contribution in [1.82, 2.24) is 14.5 Å². The Bertz CT molecular complexity index is 934. The van der Waals surface area contributed by atoms with E-state index in [0.29, 0.717) is 0 Å². The second-order valence-corrected chi connectivity index (χ2v) is 7.09. The van der Waals surface area contributed by atoms with Gasteiger partial charge in [0.1, 0.15) is 11.6 Å². The van der Waals surface area contributed by atoms with Crippen LogP contribution in [0.1, 0.15) is 24.2 Å². The van der Waals surface area contributed by atoms with Crippen LogP contribution in [0.2, 0.25) is 0 Å². The maximum Gasteiger partial charge on any atom is 0.573 e. The van der Waals surface area contributed by atoms with Crippen molar-refractivity contribution in [2.75, 3.05) is 13.1 Å². The van der Waals surface area contributed by atoms with Crippen LogP contribution < -0.4 is 4.74 Å². The monoisotopic (exact) mass is 389 g/mol. The van der Waals surface area contributed by atoms with E-state index in [-0.39, 0.29) is 5.75 Å². The summed E-state index contributed by atoms with van der Waals surface area (Å²) in [5.41, 5.74) is 3.28. The number of ether oxygens (including phenoxy) is 1. The second-order valence-electron chi connectivity index (χ2n) is 7.09. The molecule has 0 spiro atoms. The fourth-order valence-electron chi connectivity index (χ4n) is 3.73. The number of imidazole rings is 1. The van der Waals surface area contributed by atoms with Crippen LogP contribution in [0.15, 0.2) is 48.5 Å². The van der Waals surface area contributed by atoms with Crippen LogP contribution >= 0.6 is 0 Å². The van der Waals surface area contributed by atoms with Gasteiger partial charge in [0.25, 0.3) is 0 Å². The van der Waals surface area contributed by atoms with E-state index in [1.807, 2.05) is 12.1 Å². The predicted molar refractivity (Wildman–Crippen MR) is 101 cm³/mol. The molecular formula is C21H22F3N3O. The summed E-state index contributed by atoms with van der Waals surface area (Å²) in [7, 11) is 0. The van der Waals surface area contributed by atoms with Gasteiger partial charge in [-0.05, 0) is 55.6 Å². The molecule has 3 aromatic rings. The third kappa shape index (κ3) is 4.47. The quantitative estimate of drug-likeness (QED) is 0.569. The Kier molecular flexibility index (Phi) is 5.26. The lowest BCUT2D eigenvalue weighted by atomic mass is 10.1. The van der Waals surface area contributed by atoms with E-state index < -0.39 is 6.36 Å². The van der Waals surface area contributed by atoms with Crippen LogP contribution in [0, 0.1) is 0 Å². The highest BCUT2D eigenvalue weighted by Crippen LogP contribution is 2.23. The smallest absolute Gasteiger partial charge is 0.406 e. The topological polar surface area (TPSA) is 30.3 Å². The second kappa shape index (κ2) is 7.83. The summed E-state index contributed by atoms with van der Waals surface area (Å²) in [6.45, 7) is 3.82. The highest BCUT2D eigenvalue weighted by Gasteiger charge is 2.30. The zero-order valence-corrected chi connectivity index (χ0v) is 15.5. The summed E-state index contributed by atoms with van der Waals surface area (Å²) < 4.78 is 42.8. The van der Waals surface area contributed by atoms with Gasteiger partial charge < -0.3 is 9.30 Å². The molecule has 1 aliphatic rings. The number of fused-ring (bicyclic) bond motifs is 3. The van der Waals surface area contributed by atoms with E-state index in [1.165, 1.54) is 17.6 Å². The van der Waals surface area contributed by atoms with E-state index in [0.717, 1.165) is 62.3 Å². The van der Waals surface area contributed by atoms with Crippen molar-refractivity contribution in [3.63, 3.8) is 0 Å². The molecule has 148 valence electrons. The Balaban J connectivity index is 1.24. The summed E-state index contributed by atoms with van der Waals surface area (Å²) >= 11 is 0. The Labute approximate surface area is 161 Å². The predicted octanol–water partition coefficient (Wildman–Crippen LogP) is 4.77. The molecule has 0 N–H and O–H groups in total. The maximum absolute atomic E-state index is 12.2. The minimum atomic E-state index is -4.64. The molecule has 0 fully saturated rings. The van der Waals surface area contributed by atoms with E-state index in [4.69, 9.17) is 4.98 Å². The van der Waals surface area contributed by atoms with E-state index in [2.05, 4.69) is 26.3 Å². The lowest BCUT2D eigenvalue weighted by Crippen LogP contribution is -2.34. The highest BCUT2D eigenvalue weighted by atomic mass is 19.4. The third-order valence-corrected chi connectivity index (χ3v) is 5.09. The number of hydrogen-bond donors (Lipinski definition) is 0. The molecule has 0 radical (unpaired) electrons. The first-order valence-electron chi connectivity index (χ1n) is 9.49. The number of nitrogens with zero attached hydrogens (tertiary/aromatic N) is 3. The van der Waals surface area contributed by atoms with Crippen LogP contribution in [0.5, 0.6) is 5.75 Å². The van der Waals surface area contributed by atoms with Gasteiger partial charge >= 0.3 is 6.36 Å². The van der Waals surface area contributed by atoms with Crippen LogP contribution in [0.4, 0.5) is 13.2 Å². The molecule has 0 saturated carbocycles. The van der Waals surface area contributed by atoms with E-state index >= 15 is 0 Å². The van der Waals surface area contributed by atoms with Crippen LogP contribution in [-0.4, -0.2) is 33.9 Å². The van der Waals surface area contributed by atoms with Crippen molar-refractivity contribution in [3.8, 4) is 5.75 Å². The highest BCUT2D eigenvalue weighted by molar-refractivity contribution is 5.75. The summed E-state index contributed by atoms with van der Waals surface area (Å²) in [6, 6.07) is 14.4. The van der Waals surface area contributed by atoms with E-state index in [9.17, 15) is 13.2 Å². The minimum absolute atomic E-state index is 0.174. The van der Waals surface area contributed by atoms with Crippen LogP contribution in [0.25, 0.3) is 11.0 Å². The molecule has 4 nitrogen and oxygen atoms in total. The molecule has 0 unspecified atom stereocenters. The zero-order valence-electron chi connectivity index (χ0n) is 15.5. The van der Waals surface area contributed by atoms with Gasteiger partial charge in [-0.25, -0.2) is 4.98 Å². The van der Waals surface area contributed by atoms with Crippen molar-refractivity contribution in [1.29, 1.82) is 0 Å². The molecule has 7 heteroatoms. The van der Waals surface area contributed by atoms with Gasteiger partial charge in [-0.1, -0.05) is 24.3 Å². The number of hydrogen-bond acceptors (Lipinski definition) is 3. The van der Waals surface area contributed by atoms with E-state index in [1.54, 1.807) is 12.1 Å². The Hall–Kier alpha value is -2.54. The SMILES string of the molecule is FC(F)(F)Oc1ccc(CCCCN2CCn3c(nc4ccccc43)C2)cc1. The first-order chi connectivity index (χ1) is 13.5. The fraction of sp³-hybridized carbons (Fsp3) is 0.381. The largest absolute Gasteiger partial charge is 0.573 e. The van der Waals surface area contributed by atoms with Gasteiger partial charge in [0.15, 0.2) is 0 Å². The molecule has 1 aliphatic heterocycles. The van der Waals surface area contributed by atoms with Gasteiger partial charge in [-0.15, -0.1) is 13.2 Å². The molecule has 2 heterocycles. The molecule has 0 saturated heterocycles. The molecule has 0 amide bonds. The van der Waals surface area contributed by atoms with Gasteiger partial charge in [0.05, 0.1) is 17.6 Å². The van der Waals surface area contributed by atoms with Crippen molar-refractivity contribution >= 4 is 11.0 Å². The van der Waals surface area contributed by atoms with Crippen molar-refractivity contribution in [3.05, 3.63) is 59.9 Å². The first kappa shape index (κ1) is 18.8. The Morgan fingerprint density at radius 2 is 1.75 bits per heavy atom. The third-order valence-electron chi connectivity index (χ3n) is 5.09. The Morgan fingerprint density at radius 3 is 2.54 bits per heavy atom. The van der Waals surface area contributed by atoms with Crippen LogP contribution in [-0.2, 0) is 19.5 Å². The molecule has 1 aromatic heterocycles. The van der Waals surface area contributed by atoms with Gasteiger partial charge in [0, 0.05) is 13.1 Å². The molecule has 0 bridgehead atoms. The number of aryl methyl sites for hydroxylation is 1. The molecule has 2 aromatic carbocycles. The molecule has 28 heavy (non-hydrogen) atoms. The number of halogens is 3. The lowest BCUT2D eigenvalue weighted by Gasteiger charge is -2.27. The van der Waals surface area contributed by atoms with Gasteiger partial charge in [0.2, 0.25) is 0 Å². The normalized spacial score (nSPS) is 15.0. The standard InChI is InChI=1S/C21H22F3N3O/c22-21(23,24)28-17-10-8-16(9-11-17)5-3-4-12-26-13-14-27-19-7-2-1-6-18(19)25-20(27)15-26/h1-2,6-11H,3-5,12-15H2. The average molecular weight is 389 g/mol. The summed E-state index contributed by atoms with van der Waals surface area (Å²) in [4.78, 5) is 7.16. The van der Waals surface area contributed by atoms with Gasteiger partial charge in [-0.2, -0.15) is 0 Å². The molecule has 0 atom stereocenters. The minimum Gasteiger partial charge on any atom is -0.406 e. The number of alkyl halides is 3. The number of para-hydroxylation sites is 2. The molecule has 4 rings (SSSR count). The number of rotatable bonds is 6. The van der Waals surface area contributed by atoms with Crippen molar-refractivity contribution < 1.29 is 17.9 Å². The molecular weight excluding hydrogens is 367 g/mol. The molecule has 0 aliphatic carbocycles. The lowest BCUT2D eigenvalue weighted by molar-refractivity contribution is -0.274. The zero-order chi connectivity index (χ0) is 19.6. The van der Waals surface area contributed by atoms with Gasteiger partial charge in [-0.3, -0.25) is 4.90 Å². The number of aromatic nitrogens is 2. The average Bonchev–Trinajstić information content (AvgIpc) is 3.03. The van der Waals surface area contributed by atoms with Crippen molar-refractivity contribution in [2.45, 2.75) is 38.7 Å².